The Morgan fingerprint density at radius 3 is 2.49 bits per heavy atom. The molecule has 0 saturated carbocycles. The summed E-state index contributed by atoms with van der Waals surface area (Å²) in [5, 5.41) is 21.9. The summed E-state index contributed by atoms with van der Waals surface area (Å²) < 4.78 is 0. The van der Waals surface area contributed by atoms with Crippen LogP contribution in [0.1, 0.15) is 37.9 Å². The Bertz CT molecular complexity index is 1300. The molecule has 1 fully saturated rings. The second-order valence-electron chi connectivity index (χ2n) is 10.2. The van der Waals surface area contributed by atoms with E-state index in [0.29, 0.717) is 12.1 Å². The number of imidazole rings is 1. The molecule has 12 heteroatoms. The highest BCUT2D eigenvalue weighted by molar-refractivity contribution is 5.95. The zero-order valence-electron chi connectivity index (χ0n) is 22.0. The quantitative estimate of drug-likeness (QED) is 0.177. The number of benzene rings is 1. The molecule has 3 aromatic rings. The number of aromatic amines is 2. The van der Waals surface area contributed by atoms with E-state index < -0.39 is 35.9 Å². The SMILES string of the molecule is CC(C)C(NC(=O)C(Cc1c[nH]c2ccccc12)NC(=O)C1CCCN1)C(=O)NC(Cc1cnc[nH]1)C(=O)O. The van der Waals surface area contributed by atoms with E-state index in [1.165, 1.54) is 12.5 Å². The van der Waals surface area contributed by atoms with Crippen molar-refractivity contribution in [2.24, 2.45) is 5.92 Å². The molecular weight excluding hydrogens is 502 g/mol. The Balaban J connectivity index is 1.50. The molecule has 4 unspecified atom stereocenters. The van der Waals surface area contributed by atoms with Gasteiger partial charge in [0.05, 0.1) is 12.4 Å². The summed E-state index contributed by atoms with van der Waals surface area (Å²) >= 11 is 0. The van der Waals surface area contributed by atoms with Gasteiger partial charge in [-0.2, -0.15) is 0 Å². The zero-order valence-corrected chi connectivity index (χ0v) is 22.0. The monoisotopic (exact) mass is 537 g/mol. The molecule has 3 amide bonds. The molecule has 39 heavy (non-hydrogen) atoms. The van der Waals surface area contributed by atoms with Gasteiger partial charge >= 0.3 is 5.97 Å². The van der Waals surface area contributed by atoms with Crippen LogP contribution in [0.5, 0.6) is 0 Å². The van der Waals surface area contributed by atoms with Gasteiger partial charge < -0.3 is 36.3 Å². The third kappa shape index (κ3) is 7.02. The number of rotatable bonds is 12. The van der Waals surface area contributed by atoms with E-state index in [9.17, 15) is 24.3 Å². The number of amides is 3. The molecule has 7 N–H and O–H groups in total. The molecule has 2 aromatic heterocycles. The van der Waals surface area contributed by atoms with Crippen molar-refractivity contribution in [3.05, 3.63) is 54.2 Å². The first-order chi connectivity index (χ1) is 18.7. The second-order valence-corrected chi connectivity index (χ2v) is 10.2. The van der Waals surface area contributed by atoms with E-state index in [0.717, 1.165) is 29.4 Å². The Kier molecular flexibility index (Phi) is 8.97. The molecule has 0 aliphatic carbocycles. The molecule has 1 aromatic carbocycles. The zero-order chi connectivity index (χ0) is 27.9. The molecule has 12 nitrogen and oxygen atoms in total. The summed E-state index contributed by atoms with van der Waals surface area (Å²) in [5.74, 6) is -2.99. The second kappa shape index (κ2) is 12.6. The predicted molar refractivity (Wildman–Crippen MR) is 144 cm³/mol. The Labute approximate surface area is 225 Å². The van der Waals surface area contributed by atoms with Gasteiger partial charge in [-0.15, -0.1) is 0 Å². The summed E-state index contributed by atoms with van der Waals surface area (Å²) in [6, 6.07) is 4.10. The van der Waals surface area contributed by atoms with E-state index in [4.69, 9.17) is 0 Å². The fourth-order valence-corrected chi connectivity index (χ4v) is 4.78. The minimum atomic E-state index is -1.22. The van der Waals surface area contributed by atoms with Crippen LogP contribution in [0, 0.1) is 5.92 Å². The predicted octanol–water partition coefficient (Wildman–Crippen LogP) is 0.623. The van der Waals surface area contributed by atoms with Gasteiger partial charge in [0.2, 0.25) is 17.7 Å². The molecule has 4 atom stereocenters. The normalized spacial score (nSPS) is 17.5. The Hall–Kier alpha value is -4.19. The highest BCUT2D eigenvalue weighted by Crippen LogP contribution is 2.20. The van der Waals surface area contributed by atoms with Crippen LogP contribution in [0.25, 0.3) is 10.9 Å². The lowest BCUT2D eigenvalue weighted by molar-refractivity contribution is -0.142. The molecule has 3 heterocycles. The topological polar surface area (TPSA) is 181 Å². The van der Waals surface area contributed by atoms with Crippen molar-refractivity contribution in [2.75, 3.05) is 6.54 Å². The lowest BCUT2D eigenvalue weighted by Crippen LogP contribution is -2.59. The van der Waals surface area contributed by atoms with Crippen molar-refractivity contribution in [3.8, 4) is 0 Å². The summed E-state index contributed by atoms with van der Waals surface area (Å²) in [7, 11) is 0. The number of aromatic nitrogens is 3. The molecule has 1 saturated heterocycles. The van der Waals surface area contributed by atoms with E-state index in [1.807, 2.05) is 30.5 Å². The number of hydrogen-bond donors (Lipinski definition) is 7. The Morgan fingerprint density at radius 1 is 1.03 bits per heavy atom. The smallest absolute Gasteiger partial charge is 0.326 e. The van der Waals surface area contributed by atoms with Crippen LogP contribution in [-0.2, 0) is 32.0 Å². The molecule has 1 aliphatic heterocycles. The number of carboxylic acid groups (broad SMARTS) is 1. The van der Waals surface area contributed by atoms with E-state index >= 15 is 0 Å². The van der Waals surface area contributed by atoms with E-state index in [-0.39, 0.29) is 30.7 Å². The Morgan fingerprint density at radius 2 is 1.82 bits per heavy atom. The van der Waals surface area contributed by atoms with Gasteiger partial charge in [-0.25, -0.2) is 9.78 Å². The van der Waals surface area contributed by atoms with Crippen molar-refractivity contribution >= 4 is 34.6 Å². The van der Waals surface area contributed by atoms with Crippen molar-refractivity contribution in [3.63, 3.8) is 0 Å². The maximum atomic E-state index is 13.6. The van der Waals surface area contributed by atoms with Gasteiger partial charge in [0.15, 0.2) is 0 Å². The average molecular weight is 538 g/mol. The van der Waals surface area contributed by atoms with Crippen LogP contribution in [0.2, 0.25) is 0 Å². The van der Waals surface area contributed by atoms with Gasteiger partial charge in [0.1, 0.15) is 18.1 Å². The third-order valence-corrected chi connectivity index (χ3v) is 6.95. The summed E-state index contributed by atoms with van der Waals surface area (Å²) in [6.07, 6.45) is 6.49. The molecule has 1 aliphatic rings. The van der Waals surface area contributed by atoms with Crippen molar-refractivity contribution in [1.29, 1.82) is 0 Å². The van der Waals surface area contributed by atoms with Crippen LogP contribution < -0.4 is 21.3 Å². The lowest BCUT2D eigenvalue weighted by Gasteiger charge is -2.27. The van der Waals surface area contributed by atoms with Gasteiger partial charge in [0.25, 0.3) is 0 Å². The first kappa shape index (κ1) is 27.8. The summed E-state index contributed by atoms with van der Waals surface area (Å²) in [5.41, 5.74) is 2.31. The fourth-order valence-electron chi connectivity index (χ4n) is 4.78. The van der Waals surface area contributed by atoms with Gasteiger partial charge in [-0.1, -0.05) is 32.0 Å². The van der Waals surface area contributed by atoms with Crippen molar-refractivity contribution in [2.45, 2.75) is 63.7 Å². The minimum absolute atomic E-state index is 0.00741. The number of nitrogens with one attached hydrogen (secondary N) is 6. The van der Waals surface area contributed by atoms with Crippen molar-refractivity contribution < 1.29 is 24.3 Å². The van der Waals surface area contributed by atoms with Crippen LogP contribution >= 0.6 is 0 Å². The fraction of sp³-hybridized carbons (Fsp3) is 0.444. The number of fused-ring (bicyclic) bond motifs is 1. The molecule has 208 valence electrons. The maximum absolute atomic E-state index is 13.6. The van der Waals surface area contributed by atoms with Crippen molar-refractivity contribution in [1.82, 2.24) is 36.2 Å². The van der Waals surface area contributed by atoms with Gasteiger partial charge in [-0.05, 0) is 36.9 Å². The third-order valence-electron chi connectivity index (χ3n) is 6.95. The first-order valence-electron chi connectivity index (χ1n) is 13.1. The minimum Gasteiger partial charge on any atom is -0.480 e. The van der Waals surface area contributed by atoms with Crippen LogP contribution in [0.4, 0.5) is 0 Å². The number of aliphatic carboxylic acids is 1. The van der Waals surface area contributed by atoms with Crippen LogP contribution in [0.15, 0.2) is 43.0 Å². The molecule has 0 spiro atoms. The highest BCUT2D eigenvalue weighted by Gasteiger charge is 2.33. The van der Waals surface area contributed by atoms with E-state index in [2.05, 4.69) is 36.2 Å². The number of carbonyl (C=O) groups excluding carboxylic acids is 3. The summed E-state index contributed by atoms with van der Waals surface area (Å²) in [4.78, 5) is 61.5. The van der Waals surface area contributed by atoms with Crippen LogP contribution in [0.3, 0.4) is 0 Å². The van der Waals surface area contributed by atoms with Crippen LogP contribution in [-0.4, -0.2) is 74.5 Å². The van der Waals surface area contributed by atoms with Gasteiger partial charge in [-0.3, -0.25) is 14.4 Å². The number of para-hydroxylation sites is 1. The standard InChI is InChI=1S/C27H35N7O5/c1-15(2)23(26(37)33-22(27(38)39)11-17-13-28-14-31-17)34-25(36)21(32-24(35)20-8-5-9-29-20)10-16-12-30-19-7-4-3-6-18(16)19/h3-4,6-7,12-15,20-23,29-30H,5,8-11H2,1-2H3,(H,28,31)(H,32,35)(H,33,37)(H,34,36)(H,38,39). The van der Waals surface area contributed by atoms with E-state index in [1.54, 1.807) is 13.8 Å². The molecule has 4 rings (SSSR count). The molecule has 0 radical (unpaired) electrons. The number of H-pyrrole nitrogens is 2. The summed E-state index contributed by atoms with van der Waals surface area (Å²) in [6.45, 7) is 4.24. The molecular formula is C27H35N7O5. The largest absolute Gasteiger partial charge is 0.480 e. The maximum Gasteiger partial charge on any atom is 0.326 e. The number of carboxylic acids is 1. The first-order valence-corrected chi connectivity index (χ1v) is 13.1. The number of nitrogens with zero attached hydrogens (tertiary/aromatic N) is 1. The highest BCUT2D eigenvalue weighted by atomic mass is 16.4. The van der Waals surface area contributed by atoms with Gasteiger partial charge in [0, 0.05) is 41.8 Å². The number of carbonyl (C=O) groups is 4. The average Bonchev–Trinajstić information content (AvgIpc) is 3.69. The molecule has 0 bridgehead atoms. The lowest BCUT2D eigenvalue weighted by atomic mass is 9.99. The number of hydrogen-bond acceptors (Lipinski definition) is 6.